The molecular weight excluding hydrogens is 360 g/mol. The van der Waals surface area contributed by atoms with Crippen LogP contribution in [0.5, 0.6) is 0 Å². The third kappa shape index (κ3) is 2.90. The van der Waals surface area contributed by atoms with Crippen molar-refractivity contribution in [3.8, 4) is 0 Å². The van der Waals surface area contributed by atoms with Crippen LogP contribution in [0.1, 0.15) is 18.5 Å². The number of nitrogens with one attached hydrogen (secondary N) is 2. The van der Waals surface area contributed by atoms with Crippen LogP contribution in [0.4, 0.5) is 11.1 Å². The zero-order valence-corrected chi connectivity index (χ0v) is 14.7. The molecule has 3 aromatic rings. The van der Waals surface area contributed by atoms with Crippen molar-refractivity contribution in [2.45, 2.75) is 13.0 Å². The van der Waals surface area contributed by atoms with Gasteiger partial charge in [-0.2, -0.15) is 10.1 Å². The van der Waals surface area contributed by atoms with Gasteiger partial charge < -0.3 is 5.32 Å². The molecule has 0 fully saturated rings. The first-order valence-electron chi connectivity index (χ1n) is 7.47. The number of aromatic nitrogens is 4. The lowest BCUT2D eigenvalue weighted by Gasteiger charge is -2.28. The smallest absolute Gasteiger partial charge is 0.257 e. The van der Waals surface area contributed by atoms with Crippen molar-refractivity contribution in [2.75, 3.05) is 10.6 Å². The molecule has 3 heterocycles. The summed E-state index contributed by atoms with van der Waals surface area (Å²) in [5, 5.41) is 13.2. The fraction of sp³-hybridized carbons (Fsp3) is 0.125. The van der Waals surface area contributed by atoms with Crippen molar-refractivity contribution in [1.29, 1.82) is 0 Å². The fourth-order valence-corrected chi connectivity index (χ4v) is 3.44. The molecule has 9 heteroatoms. The van der Waals surface area contributed by atoms with Crippen molar-refractivity contribution in [3.05, 3.63) is 64.0 Å². The summed E-state index contributed by atoms with van der Waals surface area (Å²) >= 11 is 7.37. The molecule has 1 amide bonds. The Morgan fingerprint density at radius 1 is 1.32 bits per heavy atom. The molecule has 1 aliphatic heterocycles. The van der Waals surface area contributed by atoms with Gasteiger partial charge >= 0.3 is 0 Å². The second kappa shape index (κ2) is 6.30. The van der Waals surface area contributed by atoms with Gasteiger partial charge in [0, 0.05) is 22.3 Å². The largest absolute Gasteiger partial charge is 0.328 e. The normalized spacial score (nSPS) is 16.3. The number of halogens is 1. The summed E-state index contributed by atoms with van der Waals surface area (Å²) in [4.78, 5) is 21.2. The van der Waals surface area contributed by atoms with E-state index in [0.717, 1.165) is 11.3 Å². The van der Waals surface area contributed by atoms with E-state index in [-0.39, 0.29) is 5.91 Å². The molecule has 25 heavy (non-hydrogen) atoms. The summed E-state index contributed by atoms with van der Waals surface area (Å²) in [6.07, 6.45) is 3.10. The van der Waals surface area contributed by atoms with Gasteiger partial charge in [-0.05, 0) is 24.6 Å². The molecule has 0 unspecified atom stereocenters. The molecule has 0 saturated heterocycles. The number of fused-ring (bicyclic) bond motifs is 1. The predicted molar refractivity (Wildman–Crippen MR) is 96.7 cm³/mol. The van der Waals surface area contributed by atoms with Crippen LogP contribution in [0, 0.1) is 0 Å². The Hall–Kier alpha value is -2.71. The fourth-order valence-electron chi connectivity index (χ4n) is 2.79. The number of hydrogen-bond donors (Lipinski definition) is 2. The molecule has 126 valence electrons. The van der Waals surface area contributed by atoms with Crippen LogP contribution >= 0.6 is 22.9 Å². The lowest BCUT2D eigenvalue weighted by Crippen LogP contribution is -2.31. The van der Waals surface area contributed by atoms with E-state index in [2.05, 4.69) is 25.7 Å². The van der Waals surface area contributed by atoms with Crippen molar-refractivity contribution < 1.29 is 4.79 Å². The number of amides is 1. The van der Waals surface area contributed by atoms with Crippen LogP contribution in [-0.2, 0) is 4.79 Å². The molecule has 1 aromatic carbocycles. The standard InChI is InChI=1S/C16H13ClN6OS/c1-9-12(14(24)22-16-18-6-7-25-16)13(10-2-4-11(17)5-3-10)23-15(21-9)19-8-20-23/h2-8,13H,1H3,(H,18,22,24)(H,19,20,21)/t13-/m1/s1. The van der Waals surface area contributed by atoms with Gasteiger partial charge in [-0.1, -0.05) is 23.7 Å². The van der Waals surface area contributed by atoms with E-state index in [1.165, 1.54) is 17.7 Å². The Morgan fingerprint density at radius 3 is 2.84 bits per heavy atom. The number of nitrogens with zero attached hydrogens (tertiary/aromatic N) is 4. The van der Waals surface area contributed by atoms with Crippen LogP contribution in [0.3, 0.4) is 0 Å². The Balaban J connectivity index is 1.78. The van der Waals surface area contributed by atoms with Crippen LogP contribution in [0.15, 0.2) is 53.4 Å². The first kappa shape index (κ1) is 15.8. The summed E-state index contributed by atoms with van der Waals surface area (Å²) in [6.45, 7) is 1.85. The van der Waals surface area contributed by atoms with Gasteiger partial charge in [0.05, 0.1) is 5.57 Å². The summed E-state index contributed by atoms with van der Waals surface area (Å²) in [5.41, 5.74) is 2.16. The number of hydrogen-bond acceptors (Lipinski definition) is 6. The lowest BCUT2D eigenvalue weighted by atomic mass is 9.95. The van der Waals surface area contributed by atoms with E-state index in [1.54, 1.807) is 23.0 Å². The molecule has 1 aliphatic rings. The molecule has 1 atom stereocenters. The van der Waals surface area contributed by atoms with Gasteiger partial charge in [-0.25, -0.2) is 9.67 Å². The molecule has 0 spiro atoms. The SMILES string of the molecule is CC1=C(C(=O)Nc2nccs2)[C@@H](c2ccc(Cl)cc2)n2ncnc2N1. The molecule has 0 bridgehead atoms. The monoisotopic (exact) mass is 372 g/mol. The van der Waals surface area contributed by atoms with E-state index in [0.29, 0.717) is 21.7 Å². The average molecular weight is 373 g/mol. The maximum Gasteiger partial charge on any atom is 0.257 e. The number of thiazole rings is 1. The Bertz CT molecular complexity index is 947. The van der Waals surface area contributed by atoms with E-state index >= 15 is 0 Å². The second-order valence-corrected chi connectivity index (χ2v) is 6.77. The molecule has 2 aromatic heterocycles. The number of carbonyl (C=O) groups excluding carboxylic acids is 1. The Kier molecular flexibility index (Phi) is 3.98. The number of rotatable bonds is 3. The van der Waals surface area contributed by atoms with Gasteiger partial charge in [0.15, 0.2) is 5.13 Å². The van der Waals surface area contributed by atoms with Gasteiger partial charge in [-0.3, -0.25) is 10.1 Å². The van der Waals surface area contributed by atoms with Crippen LogP contribution in [0.2, 0.25) is 5.02 Å². The minimum absolute atomic E-state index is 0.235. The maximum atomic E-state index is 12.9. The maximum absolute atomic E-state index is 12.9. The highest BCUT2D eigenvalue weighted by atomic mass is 35.5. The summed E-state index contributed by atoms with van der Waals surface area (Å²) in [7, 11) is 0. The molecule has 7 nitrogen and oxygen atoms in total. The van der Waals surface area contributed by atoms with E-state index < -0.39 is 6.04 Å². The van der Waals surface area contributed by atoms with Gasteiger partial charge in [0.1, 0.15) is 12.4 Å². The molecular formula is C16H13ClN6OS. The number of anilines is 2. The molecule has 0 radical (unpaired) electrons. The van der Waals surface area contributed by atoms with E-state index in [9.17, 15) is 4.79 Å². The van der Waals surface area contributed by atoms with Crippen molar-refractivity contribution in [1.82, 2.24) is 19.7 Å². The first-order chi connectivity index (χ1) is 12.1. The summed E-state index contributed by atoms with van der Waals surface area (Å²) in [5.74, 6) is 0.351. The molecule has 0 aliphatic carbocycles. The molecule has 0 saturated carbocycles. The van der Waals surface area contributed by atoms with Crippen molar-refractivity contribution in [2.24, 2.45) is 0 Å². The second-order valence-electron chi connectivity index (χ2n) is 5.44. The van der Waals surface area contributed by atoms with E-state index in [4.69, 9.17) is 11.6 Å². The molecule has 4 rings (SSSR count). The van der Waals surface area contributed by atoms with Gasteiger partial charge in [0.25, 0.3) is 5.91 Å². The van der Waals surface area contributed by atoms with Crippen molar-refractivity contribution in [3.63, 3.8) is 0 Å². The minimum atomic E-state index is -0.407. The topological polar surface area (TPSA) is 84.7 Å². The van der Waals surface area contributed by atoms with Crippen molar-refractivity contribution >= 4 is 39.9 Å². The number of benzene rings is 1. The van der Waals surface area contributed by atoms with Crippen LogP contribution < -0.4 is 10.6 Å². The highest BCUT2D eigenvalue weighted by Crippen LogP contribution is 2.35. The lowest BCUT2D eigenvalue weighted by molar-refractivity contribution is -0.113. The number of allylic oxidation sites excluding steroid dienone is 1. The zero-order chi connectivity index (χ0) is 17.4. The van der Waals surface area contributed by atoms with Gasteiger partial charge in [-0.15, -0.1) is 11.3 Å². The molecule has 2 N–H and O–H groups in total. The van der Waals surface area contributed by atoms with Gasteiger partial charge in [0.2, 0.25) is 5.95 Å². The average Bonchev–Trinajstić information content (AvgIpc) is 3.25. The Labute approximate surface area is 152 Å². The van der Waals surface area contributed by atoms with Crippen LogP contribution in [0.25, 0.3) is 0 Å². The minimum Gasteiger partial charge on any atom is -0.328 e. The third-order valence-electron chi connectivity index (χ3n) is 3.88. The highest BCUT2D eigenvalue weighted by Gasteiger charge is 2.33. The Morgan fingerprint density at radius 2 is 2.12 bits per heavy atom. The highest BCUT2D eigenvalue weighted by molar-refractivity contribution is 7.13. The number of carbonyl (C=O) groups is 1. The van der Waals surface area contributed by atoms with E-state index in [1.807, 2.05) is 24.4 Å². The quantitative estimate of drug-likeness (QED) is 0.736. The summed E-state index contributed by atoms with van der Waals surface area (Å²) < 4.78 is 1.69. The predicted octanol–water partition coefficient (Wildman–Crippen LogP) is 3.32. The first-order valence-corrected chi connectivity index (χ1v) is 8.73. The zero-order valence-electron chi connectivity index (χ0n) is 13.1. The third-order valence-corrected chi connectivity index (χ3v) is 4.82. The summed E-state index contributed by atoms with van der Waals surface area (Å²) in [6, 6.07) is 6.94. The van der Waals surface area contributed by atoms with Crippen LogP contribution in [-0.4, -0.2) is 25.7 Å².